The second-order valence-corrected chi connectivity index (χ2v) is 7.63. The minimum absolute atomic E-state index is 0.0754. The zero-order valence-corrected chi connectivity index (χ0v) is 13.0. The molecule has 1 amide bonds. The number of carbonyl (C=O) groups is 1. The first-order valence-electron chi connectivity index (χ1n) is 7.09. The van der Waals surface area contributed by atoms with Crippen molar-refractivity contribution in [1.82, 2.24) is 15.1 Å². The monoisotopic (exact) mass is 333 g/mol. The van der Waals surface area contributed by atoms with Crippen molar-refractivity contribution in [3.05, 3.63) is 64.1 Å². The maximum Gasteiger partial charge on any atom is 0.274 e. The van der Waals surface area contributed by atoms with Gasteiger partial charge in [-0.1, -0.05) is 30.3 Å². The summed E-state index contributed by atoms with van der Waals surface area (Å²) in [5.41, 5.74) is 0.361. The molecule has 1 fully saturated rings. The van der Waals surface area contributed by atoms with Crippen molar-refractivity contribution in [3.8, 4) is 0 Å². The highest BCUT2D eigenvalue weighted by Crippen LogP contribution is 2.28. The molecule has 8 heteroatoms. The summed E-state index contributed by atoms with van der Waals surface area (Å²) in [6.07, 6.45) is 0. The highest BCUT2D eigenvalue weighted by molar-refractivity contribution is 7.91. The molecule has 1 unspecified atom stereocenters. The van der Waals surface area contributed by atoms with Crippen LogP contribution in [0.2, 0.25) is 0 Å². The summed E-state index contributed by atoms with van der Waals surface area (Å²) in [4.78, 5) is 24.9. The van der Waals surface area contributed by atoms with Gasteiger partial charge in [0.1, 0.15) is 10.9 Å². The Labute approximate surface area is 132 Å². The lowest BCUT2D eigenvalue weighted by molar-refractivity contribution is 0.0751. The van der Waals surface area contributed by atoms with E-state index in [0.29, 0.717) is 5.56 Å². The molecule has 7 nitrogen and oxygen atoms in total. The normalized spacial score (nSPS) is 20.2. The van der Waals surface area contributed by atoms with Gasteiger partial charge in [0.05, 0.1) is 5.75 Å². The summed E-state index contributed by atoms with van der Waals surface area (Å²) in [7, 11) is -3.30. The summed E-state index contributed by atoms with van der Waals surface area (Å²) in [5, 5.41) is 5.17. The van der Waals surface area contributed by atoms with Crippen molar-refractivity contribution in [2.24, 2.45) is 0 Å². The predicted octanol–water partition coefficient (Wildman–Crippen LogP) is 0.382. The average Bonchev–Trinajstić information content (AvgIpc) is 2.55. The van der Waals surface area contributed by atoms with Gasteiger partial charge in [-0.3, -0.25) is 9.59 Å². The van der Waals surface area contributed by atoms with Gasteiger partial charge in [-0.2, -0.15) is 5.10 Å². The predicted molar refractivity (Wildman–Crippen MR) is 83.7 cm³/mol. The second-order valence-electron chi connectivity index (χ2n) is 5.32. The van der Waals surface area contributed by atoms with E-state index in [9.17, 15) is 18.0 Å². The van der Waals surface area contributed by atoms with E-state index in [2.05, 4.69) is 10.2 Å². The number of aromatic amines is 1. The summed E-state index contributed by atoms with van der Waals surface area (Å²) in [6, 6.07) is 11.4. The fourth-order valence-corrected chi connectivity index (χ4v) is 4.31. The van der Waals surface area contributed by atoms with Crippen molar-refractivity contribution < 1.29 is 13.2 Å². The fraction of sp³-hybridized carbons (Fsp3) is 0.267. The maximum absolute atomic E-state index is 12.4. The van der Waals surface area contributed by atoms with Crippen LogP contribution < -0.4 is 5.56 Å². The summed E-state index contributed by atoms with van der Waals surface area (Å²) in [6.45, 7) is 0.192. The summed E-state index contributed by atoms with van der Waals surface area (Å²) in [5.74, 6) is -0.487. The zero-order valence-electron chi connectivity index (χ0n) is 12.2. The Morgan fingerprint density at radius 3 is 2.57 bits per heavy atom. The van der Waals surface area contributed by atoms with Gasteiger partial charge in [-0.15, -0.1) is 0 Å². The Morgan fingerprint density at radius 2 is 1.91 bits per heavy atom. The van der Waals surface area contributed by atoms with Gasteiger partial charge in [-0.25, -0.2) is 13.5 Å². The van der Waals surface area contributed by atoms with Crippen LogP contribution >= 0.6 is 0 Å². The molecular formula is C15H15N3O4S. The van der Waals surface area contributed by atoms with E-state index in [1.165, 1.54) is 17.0 Å². The number of carbonyl (C=O) groups excluding carboxylic acids is 1. The topological polar surface area (TPSA) is 100 Å². The van der Waals surface area contributed by atoms with Gasteiger partial charge in [0, 0.05) is 19.2 Å². The van der Waals surface area contributed by atoms with Crippen LogP contribution in [0.1, 0.15) is 21.3 Å². The third kappa shape index (κ3) is 3.16. The van der Waals surface area contributed by atoms with E-state index in [4.69, 9.17) is 0 Å². The van der Waals surface area contributed by atoms with Crippen LogP contribution in [0.4, 0.5) is 0 Å². The van der Waals surface area contributed by atoms with Gasteiger partial charge in [0.15, 0.2) is 9.84 Å². The number of aromatic nitrogens is 2. The van der Waals surface area contributed by atoms with E-state index < -0.39 is 26.6 Å². The van der Waals surface area contributed by atoms with Crippen LogP contribution in [-0.2, 0) is 9.84 Å². The first-order valence-corrected chi connectivity index (χ1v) is 8.80. The molecule has 0 saturated carbocycles. The number of rotatable bonds is 2. The van der Waals surface area contributed by atoms with Crippen LogP contribution in [0, 0.1) is 0 Å². The Bertz CT molecular complexity index is 857. The van der Waals surface area contributed by atoms with Crippen molar-refractivity contribution >= 4 is 15.7 Å². The third-order valence-electron chi connectivity index (χ3n) is 3.82. The molecule has 1 saturated heterocycles. The quantitative estimate of drug-likeness (QED) is 0.856. The lowest BCUT2D eigenvalue weighted by Crippen LogP contribution is -2.45. The molecular weight excluding hydrogens is 318 g/mol. The van der Waals surface area contributed by atoms with Crippen LogP contribution in [-0.4, -0.2) is 48.3 Å². The van der Waals surface area contributed by atoms with E-state index in [0.717, 1.165) is 0 Å². The minimum atomic E-state index is -3.30. The first-order chi connectivity index (χ1) is 11.0. The molecule has 1 atom stereocenters. The summed E-state index contributed by atoms with van der Waals surface area (Å²) < 4.78 is 24.7. The maximum atomic E-state index is 12.4. The number of hydrogen-bond acceptors (Lipinski definition) is 5. The van der Waals surface area contributed by atoms with Gasteiger partial charge in [0.2, 0.25) is 0 Å². The van der Waals surface area contributed by atoms with Crippen LogP contribution in [0.5, 0.6) is 0 Å². The molecule has 120 valence electrons. The molecule has 2 heterocycles. The minimum Gasteiger partial charge on any atom is -0.335 e. The number of nitrogens with zero attached hydrogens (tertiary/aromatic N) is 2. The number of benzene rings is 1. The molecule has 0 radical (unpaired) electrons. The number of sulfone groups is 1. The van der Waals surface area contributed by atoms with Gasteiger partial charge in [0.25, 0.3) is 11.5 Å². The van der Waals surface area contributed by atoms with Gasteiger partial charge < -0.3 is 4.90 Å². The molecule has 3 rings (SSSR count). The van der Waals surface area contributed by atoms with Crippen LogP contribution in [0.25, 0.3) is 0 Å². The average molecular weight is 333 g/mol. The smallest absolute Gasteiger partial charge is 0.274 e. The van der Waals surface area contributed by atoms with Crippen molar-refractivity contribution in [2.75, 3.05) is 18.8 Å². The molecule has 1 aromatic carbocycles. The van der Waals surface area contributed by atoms with E-state index in [1.54, 1.807) is 24.3 Å². The standard InChI is InChI=1S/C15H15N3O4S/c19-14-7-6-12(16-17-14)15(20)18-8-9-23(21,22)13(10-18)11-4-2-1-3-5-11/h1-7,13H,8-10H2,(H,17,19). The van der Waals surface area contributed by atoms with E-state index >= 15 is 0 Å². The molecule has 0 spiro atoms. The van der Waals surface area contributed by atoms with Crippen molar-refractivity contribution in [3.63, 3.8) is 0 Å². The SMILES string of the molecule is O=C(c1ccc(=O)[nH]n1)N1CCS(=O)(=O)C(c2ccccc2)C1. The van der Waals surface area contributed by atoms with Crippen LogP contribution in [0.15, 0.2) is 47.3 Å². The fourth-order valence-electron chi connectivity index (χ4n) is 2.58. The molecule has 1 aliphatic rings. The Morgan fingerprint density at radius 1 is 1.17 bits per heavy atom. The van der Waals surface area contributed by atoms with Crippen molar-refractivity contribution in [2.45, 2.75) is 5.25 Å². The Hall–Kier alpha value is -2.48. The highest BCUT2D eigenvalue weighted by Gasteiger charge is 2.36. The number of H-pyrrole nitrogens is 1. The third-order valence-corrected chi connectivity index (χ3v) is 5.86. The molecule has 23 heavy (non-hydrogen) atoms. The van der Waals surface area contributed by atoms with Gasteiger partial charge >= 0.3 is 0 Å². The van der Waals surface area contributed by atoms with E-state index in [1.807, 2.05) is 6.07 Å². The number of nitrogens with one attached hydrogen (secondary N) is 1. The lowest BCUT2D eigenvalue weighted by Gasteiger charge is -2.32. The largest absolute Gasteiger partial charge is 0.335 e. The molecule has 0 bridgehead atoms. The summed E-state index contributed by atoms with van der Waals surface area (Å²) >= 11 is 0. The zero-order chi connectivity index (χ0) is 16.4. The molecule has 1 N–H and O–H groups in total. The lowest BCUT2D eigenvalue weighted by atomic mass is 10.1. The molecule has 0 aliphatic carbocycles. The molecule has 1 aliphatic heterocycles. The van der Waals surface area contributed by atoms with Crippen molar-refractivity contribution in [1.29, 1.82) is 0 Å². The number of amides is 1. The highest BCUT2D eigenvalue weighted by atomic mass is 32.2. The number of hydrogen-bond donors (Lipinski definition) is 1. The Kier molecular flexibility index (Phi) is 3.99. The second kappa shape index (κ2) is 5.96. The molecule has 2 aromatic rings. The first kappa shape index (κ1) is 15.4. The van der Waals surface area contributed by atoms with Crippen LogP contribution in [0.3, 0.4) is 0 Å². The molecule has 1 aromatic heterocycles. The Balaban J connectivity index is 1.87. The van der Waals surface area contributed by atoms with E-state index in [-0.39, 0.29) is 24.5 Å². The van der Waals surface area contributed by atoms with Gasteiger partial charge in [-0.05, 0) is 11.6 Å².